The lowest BCUT2D eigenvalue weighted by Crippen LogP contribution is -2.34. The van der Waals surface area contributed by atoms with E-state index in [2.05, 4.69) is 30.6 Å². The molecule has 0 unspecified atom stereocenters. The van der Waals surface area contributed by atoms with Gasteiger partial charge in [-0.05, 0) is 49.4 Å². The van der Waals surface area contributed by atoms with E-state index < -0.39 is 11.4 Å². The van der Waals surface area contributed by atoms with Crippen LogP contribution in [-0.4, -0.2) is 32.5 Å². The van der Waals surface area contributed by atoms with Crippen LogP contribution >= 0.6 is 0 Å². The second-order valence-corrected chi connectivity index (χ2v) is 8.63. The molecule has 1 aromatic carbocycles. The molecule has 1 saturated carbocycles. The Morgan fingerprint density at radius 2 is 2.09 bits per heavy atom. The summed E-state index contributed by atoms with van der Waals surface area (Å²) in [7, 11) is 0. The zero-order valence-electron chi connectivity index (χ0n) is 18.3. The van der Waals surface area contributed by atoms with Crippen molar-refractivity contribution in [2.45, 2.75) is 39.0 Å². The minimum absolute atomic E-state index is 0.0464. The van der Waals surface area contributed by atoms with Crippen LogP contribution in [0.4, 0.5) is 14.9 Å². The molecule has 1 aliphatic carbocycles. The second-order valence-electron chi connectivity index (χ2n) is 8.63. The maximum Gasteiger partial charge on any atom is 0.319 e. The molecule has 0 aliphatic heterocycles. The normalized spacial score (nSPS) is 14.6. The highest BCUT2D eigenvalue weighted by molar-refractivity contribution is 6.01. The van der Waals surface area contributed by atoms with Crippen molar-refractivity contribution in [3.05, 3.63) is 52.3 Å². The molecule has 4 aromatic rings. The van der Waals surface area contributed by atoms with Crippen molar-refractivity contribution in [2.24, 2.45) is 5.92 Å². The van der Waals surface area contributed by atoms with Crippen LogP contribution in [0.3, 0.4) is 0 Å². The Morgan fingerprint density at radius 3 is 2.91 bits per heavy atom. The van der Waals surface area contributed by atoms with Crippen LogP contribution in [0, 0.1) is 18.7 Å². The van der Waals surface area contributed by atoms with Gasteiger partial charge in [0.15, 0.2) is 0 Å². The number of hydrogen-bond acceptors (Lipinski definition) is 4. The van der Waals surface area contributed by atoms with Gasteiger partial charge < -0.3 is 20.6 Å². The van der Waals surface area contributed by atoms with Crippen LogP contribution in [0.25, 0.3) is 33.3 Å². The number of anilines is 1. The Kier molecular flexibility index (Phi) is 5.53. The number of amides is 2. The highest BCUT2D eigenvalue weighted by Gasteiger charge is 2.20. The molecule has 1 aliphatic rings. The van der Waals surface area contributed by atoms with E-state index in [1.807, 2.05) is 6.07 Å². The Balaban J connectivity index is 1.52. The van der Waals surface area contributed by atoms with Crippen LogP contribution < -0.4 is 16.2 Å². The number of aromatic amines is 2. The topological polar surface area (TPSA) is 116 Å². The average Bonchev–Trinajstić information content (AvgIpc) is 3.25. The fourth-order valence-electron chi connectivity index (χ4n) is 4.60. The maximum atomic E-state index is 14.7. The summed E-state index contributed by atoms with van der Waals surface area (Å²) in [5.41, 5.74) is 1.78. The highest BCUT2D eigenvalue weighted by Crippen LogP contribution is 2.30. The number of nitrogens with one attached hydrogen (secondary N) is 4. The number of rotatable bonds is 4. The molecule has 0 saturated heterocycles. The fourth-order valence-corrected chi connectivity index (χ4v) is 4.60. The molecule has 3 aromatic heterocycles. The van der Waals surface area contributed by atoms with Gasteiger partial charge in [-0.2, -0.15) is 0 Å². The minimum Gasteiger partial charge on any atom is -0.345 e. The van der Waals surface area contributed by atoms with Crippen molar-refractivity contribution in [3.8, 4) is 11.3 Å². The van der Waals surface area contributed by atoms with E-state index in [4.69, 9.17) is 0 Å². The van der Waals surface area contributed by atoms with Gasteiger partial charge in [-0.15, -0.1) is 0 Å². The third-order valence-electron chi connectivity index (χ3n) is 6.35. The third-order valence-corrected chi connectivity index (χ3v) is 6.35. The number of benzene rings is 1. The Morgan fingerprint density at radius 1 is 1.27 bits per heavy atom. The lowest BCUT2D eigenvalue weighted by atomic mass is 9.89. The predicted molar refractivity (Wildman–Crippen MR) is 126 cm³/mol. The second kappa shape index (κ2) is 8.65. The first kappa shape index (κ1) is 21.1. The van der Waals surface area contributed by atoms with Gasteiger partial charge in [-0.25, -0.2) is 19.2 Å². The number of aryl methyl sites for hydroxylation is 1. The van der Waals surface area contributed by atoms with Crippen molar-refractivity contribution in [2.75, 3.05) is 11.9 Å². The van der Waals surface area contributed by atoms with E-state index >= 15 is 0 Å². The van der Waals surface area contributed by atoms with Gasteiger partial charge in [-0.3, -0.25) is 4.79 Å². The van der Waals surface area contributed by atoms with Crippen LogP contribution in [0.5, 0.6) is 0 Å². The smallest absolute Gasteiger partial charge is 0.319 e. The van der Waals surface area contributed by atoms with E-state index in [1.165, 1.54) is 25.3 Å². The van der Waals surface area contributed by atoms with E-state index in [1.54, 1.807) is 25.4 Å². The number of urea groups is 1. The predicted octanol–water partition coefficient (Wildman–Crippen LogP) is 4.62. The number of carbonyl (C=O) groups is 1. The molecule has 0 radical (unpaired) electrons. The molecule has 1 fully saturated rings. The summed E-state index contributed by atoms with van der Waals surface area (Å²) < 4.78 is 14.7. The van der Waals surface area contributed by atoms with Crippen LogP contribution in [0.15, 0.2) is 35.4 Å². The number of H-pyrrole nitrogens is 2. The molecule has 9 heteroatoms. The fraction of sp³-hybridized carbons (Fsp3) is 0.333. The zero-order chi connectivity index (χ0) is 22.9. The van der Waals surface area contributed by atoms with E-state index in [0.717, 1.165) is 18.2 Å². The molecule has 170 valence electrons. The van der Waals surface area contributed by atoms with Gasteiger partial charge in [0.1, 0.15) is 28.2 Å². The quantitative estimate of drug-likeness (QED) is 0.365. The number of fused-ring (bicyclic) bond motifs is 2. The maximum absolute atomic E-state index is 14.7. The summed E-state index contributed by atoms with van der Waals surface area (Å²) in [5.74, 6) is -0.125. The van der Waals surface area contributed by atoms with E-state index in [-0.39, 0.29) is 22.8 Å². The summed E-state index contributed by atoms with van der Waals surface area (Å²) in [4.78, 5) is 39.9. The molecule has 5 rings (SSSR count). The van der Waals surface area contributed by atoms with Crippen molar-refractivity contribution in [1.82, 2.24) is 25.3 Å². The summed E-state index contributed by atoms with van der Waals surface area (Å²) in [5, 5.41) is 6.48. The molecule has 2 amide bonds. The van der Waals surface area contributed by atoms with Gasteiger partial charge in [-0.1, -0.05) is 19.3 Å². The number of aromatic nitrogens is 4. The molecule has 3 heterocycles. The third kappa shape index (κ3) is 4.06. The SMILES string of the molecule is Cc1cc(F)c2[nH]c(=O)c(-c3c[nH]c4ncccc34)nc2c1NC(=O)NCC1CCCCC1. The molecule has 0 atom stereocenters. The first-order valence-electron chi connectivity index (χ1n) is 11.2. The molecular formula is C24H25FN6O2. The number of pyridine rings is 1. The Bertz CT molecular complexity index is 1400. The summed E-state index contributed by atoms with van der Waals surface area (Å²) in [6, 6.07) is 4.50. The average molecular weight is 449 g/mol. The van der Waals surface area contributed by atoms with E-state index in [0.29, 0.717) is 34.9 Å². The Labute approximate surface area is 189 Å². The largest absolute Gasteiger partial charge is 0.345 e. The number of halogens is 1. The highest BCUT2D eigenvalue weighted by atomic mass is 19.1. The molecule has 8 nitrogen and oxygen atoms in total. The van der Waals surface area contributed by atoms with Gasteiger partial charge in [0.05, 0.1) is 5.69 Å². The van der Waals surface area contributed by atoms with Gasteiger partial charge in [0.2, 0.25) is 0 Å². The summed E-state index contributed by atoms with van der Waals surface area (Å²) in [6.07, 6.45) is 9.17. The molecule has 33 heavy (non-hydrogen) atoms. The lowest BCUT2D eigenvalue weighted by molar-refractivity contribution is 0.247. The minimum atomic E-state index is -0.604. The van der Waals surface area contributed by atoms with Crippen molar-refractivity contribution < 1.29 is 9.18 Å². The summed E-state index contributed by atoms with van der Waals surface area (Å²) in [6.45, 7) is 2.29. The standard InChI is InChI=1S/C24H25FN6O2/c1-13-10-17(25)20-21(18(13)31-24(33)28-11-14-6-3-2-4-7-14)29-19(23(32)30-20)16-12-27-22-15(16)8-5-9-26-22/h5,8-10,12,14H,2-4,6-7,11H2,1H3,(H,26,27)(H,30,32)(H2,28,31,33). The van der Waals surface area contributed by atoms with Gasteiger partial charge in [0.25, 0.3) is 5.56 Å². The van der Waals surface area contributed by atoms with Crippen molar-refractivity contribution in [3.63, 3.8) is 0 Å². The molecule has 0 spiro atoms. The number of hydrogen-bond donors (Lipinski definition) is 4. The van der Waals surface area contributed by atoms with Crippen LogP contribution in [-0.2, 0) is 0 Å². The molecule has 4 N–H and O–H groups in total. The first-order valence-corrected chi connectivity index (χ1v) is 11.2. The number of nitrogens with zero attached hydrogens (tertiary/aromatic N) is 2. The molecule has 0 bridgehead atoms. The molecular weight excluding hydrogens is 423 g/mol. The first-order chi connectivity index (χ1) is 16.0. The van der Waals surface area contributed by atoms with Gasteiger partial charge >= 0.3 is 6.03 Å². The van der Waals surface area contributed by atoms with E-state index in [9.17, 15) is 14.0 Å². The van der Waals surface area contributed by atoms with Crippen molar-refractivity contribution in [1.29, 1.82) is 0 Å². The van der Waals surface area contributed by atoms with Crippen LogP contribution in [0.2, 0.25) is 0 Å². The van der Waals surface area contributed by atoms with Gasteiger partial charge in [0, 0.05) is 29.9 Å². The van der Waals surface area contributed by atoms with Crippen LogP contribution in [0.1, 0.15) is 37.7 Å². The lowest BCUT2D eigenvalue weighted by Gasteiger charge is -2.22. The van der Waals surface area contributed by atoms with Crippen molar-refractivity contribution >= 4 is 33.8 Å². The summed E-state index contributed by atoms with van der Waals surface area (Å²) >= 11 is 0. The zero-order valence-corrected chi connectivity index (χ0v) is 18.3. The number of carbonyl (C=O) groups excluding carboxylic acids is 1. The monoisotopic (exact) mass is 448 g/mol. The Hall–Kier alpha value is -3.75.